The first-order valence-corrected chi connectivity index (χ1v) is 17.8. The maximum absolute atomic E-state index is 13.6. The van der Waals surface area contributed by atoms with Crippen molar-refractivity contribution >= 4 is 13.6 Å². The van der Waals surface area contributed by atoms with Crippen LogP contribution in [0.25, 0.3) is 0 Å². The molecule has 0 N–H and O–H groups in total. The summed E-state index contributed by atoms with van der Waals surface area (Å²) in [6, 6.07) is 19.4. The predicted octanol–water partition coefficient (Wildman–Crippen LogP) is 10.7. The standard InChI is InChI=1S/C35H55O5P/c1-3-4-5-6-7-8-9-10-11-12-13-14-21-26-35(36)38-29-32(2)27-28-41(37,39-30-33-22-17-15-18-23-33)40-31-34-24-19-16-20-25-34/h15-20,22-25,32H,3-14,21,26-31H2,1-2H3/t32-/m0/s1. The summed E-state index contributed by atoms with van der Waals surface area (Å²) in [5.41, 5.74) is 1.90. The van der Waals surface area contributed by atoms with Gasteiger partial charge in [-0.05, 0) is 29.9 Å². The number of hydrogen-bond donors (Lipinski definition) is 0. The van der Waals surface area contributed by atoms with Crippen molar-refractivity contribution in [2.75, 3.05) is 12.8 Å². The number of hydrogen-bond acceptors (Lipinski definition) is 5. The molecule has 0 spiro atoms. The Morgan fingerprint density at radius 2 is 1.12 bits per heavy atom. The van der Waals surface area contributed by atoms with Crippen LogP contribution in [0.5, 0.6) is 0 Å². The molecular weight excluding hydrogens is 531 g/mol. The minimum Gasteiger partial charge on any atom is -0.465 e. The smallest absolute Gasteiger partial charge is 0.331 e. The van der Waals surface area contributed by atoms with Crippen LogP contribution in [0.4, 0.5) is 0 Å². The largest absolute Gasteiger partial charge is 0.465 e. The monoisotopic (exact) mass is 586 g/mol. The lowest BCUT2D eigenvalue weighted by molar-refractivity contribution is -0.145. The summed E-state index contributed by atoms with van der Waals surface area (Å²) in [5, 5.41) is 0. The SMILES string of the molecule is CCCCCCCCCCCCCCCC(=O)OC[C@@H](C)CCP(=O)(OCc1ccccc1)OCc1ccccc1. The molecule has 1 atom stereocenters. The molecule has 0 radical (unpaired) electrons. The molecule has 5 nitrogen and oxygen atoms in total. The highest BCUT2D eigenvalue weighted by molar-refractivity contribution is 7.53. The number of carbonyl (C=O) groups excluding carboxylic acids is 1. The number of carbonyl (C=O) groups is 1. The van der Waals surface area contributed by atoms with Gasteiger partial charge in [-0.2, -0.15) is 0 Å². The van der Waals surface area contributed by atoms with Gasteiger partial charge in [-0.3, -0.25) is 9.36 Å². The fourth-order valence-corrected chi connectivity index (χ4v) is 6.50. The topological polar surface area (TPSA) is 61.8 Å². The summed E-state index contributed by atoms with van der Waals surface area (Å²) in [7, 11) is -3.34. The van der Waals surface area contributed by atoms with Gasteiger partial charge < -0.3 is 13.8 Å². The minimum absolute atomic E-state index is 0.0690. The Kier molecular flexibility index (Phi) is 19.5. The molecule has 0 unspecified atom stereocenters. The van der Waals surface area contributed by atoms with Crippen molar-refractivity contribution < 1.29 is 23.1 Å². The quantitative estimate of drug-likeness (QED) is 0.0658. The number of rotatable bonds is 25. The van der Waals surface area contributed by atoms with Crippen LogP contribution in [-0.2, 0) is 36.4 Å². The Labute approximate surface area is 250 Å². The predicted molar refractivity (Wildman–Crippen MR) is 170 cm³/mol. The van der Waals surface area contributed by atoms with Gasteiger partial charge in [0.15, 0.2) is 0 Å². The first kappa shape index (κ1) is 35.3. The molecule has 2 rings (SSSR count). The molecule has 0 aromatic heterocycles. The number of esters is 1. The number of benzene rings is 2. The van der Waals surface area contributed by atoms with E-state index in [2.05, 4.69) is 6.92 Å². The molecule has 0 saturated heterocycles. The summed E-state index contributed by atoms with van der Waals surface area (Å²) < 4.78 is 30.9. The Hall–Kier alpha value is -1.94. The van der Waals surface area contributed by atoms with Gasteiger partial charge in [-0.15, -0.1) is 0 Å². The molecule has 0 bridgehead atoms. The molecule has 2 aromatic carbocycles. The molecule has 0 aliphatic carbocycles. The zero-order chi connectivity index (χ0) is 29.4. The van der Waals surface area contributed by atoms with E-state index in [0.717, 1.165) is 24.0 Å². The van der Waals surface area contributed by atoms with Crippen molar-refractivity contribution in [3.8, 4) is 0 Å². The highest BCUT2D eigenvalue weighted by Gasteiger charge is 2.26. The average Bonchev–Trinajstić information content (AvgIpc) is 3.00. The fraction of sp³-hybridized carbons (Fsp3) is 0.629. The molecule has 0 saturated carbocycles. The molecule has 0 fully saturated rings. The molecular formula is C35H55O5P. The first-order chi connectivity index (χ1) is 20.0. The lowest BCUT2D eigenvalue weighted by Gasteiger charge is -2.21. The fourth-order valence-electron chi connectivity index (χ4n) is 4.72. The highest BCUT2D eigenvalue weighted by Crippen LogP contribution is 2.50. The zero-order valence-electron chi connectivity index (χ0n) is 25.8. The van der Waals surface area contributed by atoms with Crippen LogP contribution in [0.3, 0.4) is 0 Å². The Morgan fingerprint density at radius 3 is 1.59 bits per heavy atom. The van der Waals surface area contributed by atoms with E-state index >= 15 is 0 Å². The van der Waals surface area contributed by atoms with Crippen molar-refractivity contribution in [2.24, 2.45) is 5.92 Å². The van der Waals surface area contributed by atoms with Crippen molar-refractivity contribution in [1.29, 1.82) is 0 Å². The minimum atomic E-state index is -3.34. The molecule has 0 aliphatic rings. The van der Waals surface area contributed by atoms with E-state index in [4.69, 9.17) is 13.8 Å². The molecule has 2 aromatic rings. The van der Waals surface area contributed by atoms with Crippen molar-refractivity contribution in [1.82, 2.24) is 0 Å². The summed E-state index contributed by atoms with van der Waals surface area (Å²) in [6.07, 6.45) is 18.1. The van der Waals surface area contributed by atoms with Crippen molar-refractivity contribution in [2.45, 2.75) is 123 Å². The average molecular weight is 587 g/mol. The van der Waals surface area contributed by atoms with E-state index in [1.54, 1.807) is 0 Å². The van der Waals surface area contributed by atoms with E-state index in [0.29, 0.717) is 19.4 Å². The van der Waals surface area contributed by atoms with Crippen LogP contribution < -0.4 is 0 Å². The van der Waals surface area contributed by atoms with Crippen LogP contribution in [0.1, 0.15) is 121 Å². The molecule has 41 heavy (non-hydrogen) atoms. The van der Waals surface area contributed by atoms with E-state index < -0.39 is 7.60 Å². The first-order valence-electron chi connectivity index (χ1n) is 16.1. The lowest BCUT2D eigenvalue weighted by atomic mass is 10.0. The summed E-state index contributed by atoms with van der Waals surface area (Å²) in [5.74, 6) is -0.0664. The van der Waals surface area contributed by atoms with Gasteiger partial charge in [0.25, 0.3) is 0 Å². The highest BCUT2D eigenvalue weighted by atomic mass is 31.2. The van der Waals surface area contributed by atoms with Gasteiger partial charge in [0, 0.05) is 6.42 Å². The van der Waals surface area contributed by atoms with Crippen LogP contribution in [-0.4, -0.2) is 18.7 Å². The Balaban J connectivity index is 1.58. The second-order valence-electron chi connectivity index (χ2n) is 11.4. The second kappa shape index (κ2) is 22.6. The van der Waals surface area contributed by atoms with Gasteiger partial charge in [-0.25, -0.2) is 0 Å². The zero-order valence-corrected chi connectivity index (χ0v) is 26.7. The van der Waals surface area contributed by atoms with E-state index in [1.807, 2.05) is 67.6 Å². The summed E-state index contributed by atoms with van der Waals surface area (Å²) in [4.78, 5) is 12.2. The maximum atomic E-state index is 13.6. The Morgan fingerprint density at radius 1 is 0.683 bits per heavy atom. The molecule has 0 heterocycles. The molecule has 6 heteroatoms. The Bertz CT molecular complexity index is 902. The van der Waals surface area contributed by atoms with Gasteiger partial charge in [0.1, 0.15) is 0 Å². The lowest BCUT2D eigenvalue weighted by Crippen LogP contribution is -2.13. The van der Waals surface area contributed by atoms with Gasteiger partial charge in [0.05, 0.1) is 26.0 Å². The van der Waals surface area contributed by atoms with Crippen molar-refractivity contribution in [3.05, 3.63) is 71.8 Å². The summed E-state index contributed by atoms with van der Waals surface area (Å²) in [6.45, 7) is 5.07. The third kappa shape index (κ3) is 18.3. The van der Waals surface area contributed by atoms with Gasteiger partial charge in [0.2, 0.25) is 0 Å². The number of ether oxygens (including phenoxy) is 1. The van der Waals surface area contributed by atoms with Crippen LogP contribution in [0.15, 0.2) is 60.7 Å². The third-order valence-corrected chi connectivity index (χ3v) is 9.30. The van der Waals surface area contributed by atoms with Gasteiger partial charge >= 0.3 is 13.6 Å². The summed E-state index contributed by atoms with van der Waals surface area (Å²) >= 11 is 0. The van der Waals surface area contributed by atoms with Crippen LogP contribution in [0, 0.1) is 5.92 Å². The van der Waals surface area contributed by atoms with E-state index in [9.17, 15) is 9.36 Å². The maximum Gasteiger partial charge on any atom is 0.331 e. The van der Waals surface area contributed by atoms with Crippen LogP contribution >= 0.6 is 7.60 Å². The van der Waals surface area contributed by atoms with E-state index in [-0.39, 0.29) is 31.3 Å². The normalized spacial score (nSPS) is 12.3. The third-order valence-electron chi connectivity index (χ3n) is 7.45. The molecule has 0 amide bonds. The van der Waals surface area contributed by atoms with Gasteiger partial charge in [-0.1, -0.05) is 152 Å². The number of unbranched alkanes of at least 4 members (excludes halogenated alkanes) is 12. The van der Waals surface area contributed by atoms with E-state index in [1.165, 1.54) is 70.6 Å². The van der Waals surface area contributed by atoms with Crippen molar-refractivity contribution in [3.63, 3.8) is 0 Å². The molecule has 0 aliphatic heterocycles. The second-order valence-corrected chi connectivity index (χ2v) is 13.6. The van der Waals surface area contributed by atoms with Crippen LogP contribution in [0.2, 0.25) is 0 Å². The molecule has 230 valence electrons.